The topological polar surface area (TPSA) is 34.1 Å². The normalized spacial score (nSPS) is 13.2. The van der Waals surface area contributed by atoms with Crippen LogP contribution >= 0.6 is 0 Å². The summed E-state index contributed by atoms with van der Waals surface area (Å²) in [4.78, 5) is 4.03. The van der Waals surface area contributed by atoms with E-state index in [0.29, 0.717) is 0 Å². The molecule has 1 aliphatic rings. The Morgan fingerprint density at radius 1 is 1.50 bits per heavy atom. The van der Waals surface area contributed by atoms with E-state index in [4.69, 9.17) is 4.74 Å². The SMILES string of the molecule is C1=COc2cccnc2N1. The number of fused-ring (bicyclic) bond motifs is 1. The van der Waals surface area contributed by atoms with Crippen molar-refractivity contribution in [1.82, 2.24) is 4.98 Å². The van der Waals surface area contributed by atoms with Crippen LogP contribution in [0.3, 0.4) is 0 Å². The second-order valence-electron chi connectivity index (χ2n) is 1.92. The standard InChI is InChI=1S/C7H6N2O/c1-2-6-7(8-3-1)9-4-5-10-6/h1-5H,(H,8,9). The lowest BCUT2D eigenvalue weighted by molar-refractivity contribution is 0.474. The fraction of sp³-hybridized carbons (Fsp3) is 0. The van der Waals surface area contributed by atoms with Crippen LogP contribution in [0.25, 0.3) is 0 Å². The van der Waals surface area contributed by atoms with Gasteiger partial charge in [0.1, 0.15) is 6.26 Å². The van der Waals surface area contributed by atoms with E-state index >= 15 is 0 Å². The Hall–Kier alpha value is -1.51. The van der Waals surface area contributed by atoms with Crippen molar-refractivity contribution >= 4 is 5.82 Å². The lowest BCUT2D eigenvalue weighted by Crippen LogP contribution is -2.00. The van der Waals surface area contributed by atoms with Crippen LogP contribution in [0.1, 0.15) is 0 Å². The molecule has 0 radical (unpaired) electrons. The third-order valence-electron chi connectivity index (χ3n) is 1.25. The number of rotatable bonds is 0. The number of anilines is 1. The number of hydrogen-bond donors (Lipinski definition) is 1. The van der Waals surface area contributed by atoms with E-state index in [1.165, 1.54) is 0 Å². The van der Waals surface area contributed by atoms with Gasteiger partial charge in [0.25, 0.3) is 0 Å². The van der Waals surface area contributed by atoms with E-state index in [-0.39, 0.29) is 0 Å². The molecule has 0 saturated carbocycles. The van der Waals surface area contributed by atoms with Crippen LogP contribution in [0.4, 0.5) is 5.82 Å². The molecule has 2 rings (SSSR count). The molecule has 0 amide bonds. The number of nitrogens with one attached hydrogen (secondary N) is 1. The van der Waals surface area contributed by atoms with Gasteiger partial charge in [0, 0.05) is 12.4 Å². The molecule has 1 N–H and O–H groups in total. The molecule has 0 unspecified atom stereocenters. The Morgan fingerprint density at radius 3 is 3.40 bits per heavy atom. The second kappa shape index (κ2) is 2.02. The molecule has 0 fully saturated rings. The molecule has 0 atom stereocenters. The summed E-state index contributed by atoms with van der Waals surface area (Å²) in [5.74, 6) is 1.54. The average molecular weight is 134 g/mol. The summed E-state index contributed by atoms with van der Waals surface area (Å²) < 4.78 is 5.12. The van der Waals surface area contributed by atoms with Crippen molar-refractivity contribution in [2.75, 3.05) is 5.32 Å². The smallest absolute Gasteiger partial charge is 0.173 e. The molecule has 1 aromatic heterocycles. The highest BCUT2D eigenvalue weighted by atomic mass is 16.5. The first-order valence-corrected chi connectivity index (χ1v) is 3.00. The molecule has 1 aliphatic heterocycles. The predicted octanol–water partition coefficient (Wildman–Crippen LogP) is 1.36. The van der Waals surface area contributed by atoms with Gasteiger partial charge < -0.3 is 10.1 Å². The minimum Gasteiger partial charge on any atom is -0.460 e. The zero-order valence-electron chi connectivity index (χ0n) is 5.24. The Bertz CT molecular complexity index is 243. The molecule has 50 valence electrons. The van der Waals surface area contributed by atoms with Crippen molar-refractivity contribution in [3.8, 4) is 5.75 Å². The average Bonchev–Trinajstić information content (AvgIpc) is 2.05. The zero-order chi connectivity index (χ0) is 6.81. The van der Waals surface area contributed by atoms with Crippen molar-refractivity contribution in [2.24, 2.45) is 0 Å². The lowest BCUT2D eigenvalue weighted by Gasteiger charge is -2.10. The molecule has 10 heavy (non-hydrogen) atoms. The Balaban J connectivity index is 2.47. The van der Waals surface area contributed by atoms with Gasteiger partial charge in [-0.1, -0.05) is 0 Å². The van der Waals surface area contributed by atoms with Crippen molar-refractivity contribution in [2.45, 2.75) is 0 Å². The zero-order valence-corrected chi connectivity index (χ0v) is 5.24. The van der Waals surface area contributed by atoms with E-state index < -0.39 is 0 Å². The highest BCUT2D eigenvalue weighted by Crippen LogP contribution is 2.23. The number of hydrogen-bond acceptors (Lipinski definition) is 3. The molecule has 3 heteroatoms. The second-order valence-corrected chi connectivity index (χ2v) is 1.92. The minimum atomic E-state index is 0.769. The summed E-state index contributed by atoms with van der Waals surface area (Å²) in [6.45, 7) is 0. The van der Waals surface area contributed by atoms with Crippen molar-refractivity contribution < 1.29 is 4.74 Å². The maximum atomic E-state index is 5.12. The third kappa shape index (κ3) is 0.719. The number of aromatic nitrogens is 1. The van der Waals surface area contributed by atoms with Crippen molar-refractivity contribution in [3.05, 3.63) is 30.8 Å². The highest BCUT2D eigenvalue weighted by molar-refractivity contribution is 5.53. The molecule has 3 nitrogen and oxygen atoms in total. The van der Waals surface area contributed by atoms with Gasteiger partial charge in [-0.05, 0) is 12.1 Å². The molecule has 0 spiro atoms. The molecule has 0 bridgehead atoms. The van der Waals surface area contributed by atoms with E-state index in [1.54, 1.807) is 18.7 Å². The third-order valence-corrected chi connectivity index (χ3v) is 1.25. The van der Waals surface area contributed by atoms with Gasteiger partial charge in [-0.3, -0.25) is 0 Å². The highest BCUT2D eigenvalue weighted by Gasteiger charge is 2.03. The summed E-state index contributed by atoms with van der Waals surface area (Å²) >= 11 is 0. The first kappa shape index (κ1) is 5.29. The van der Waals surface area contributed by atoms with Gasteiger partial charge in [0.05, 0.1) is 0 Å². The summed E-state index contributed by atoms with van der Waals surface area (Å²) in [6, 6.07) is 3.69. The van der Waals surface area contributed by atoms with Gasteiger partial charge >= 0.3 is 0 Å². The monoisotopic (exact) mass is 134 g/mol. The van der Waals surface area contributed by atoms with Gasteiger partial charge in [0.15, 0.2) is 11.6 Å². The molecule has 0 saturated heterocycles. The van der Waals surface area contributed by atoms with Crippen LogP contribution in [0.5, 0.6) is 5.75 Å². The quantitative estimate of drug-likeness (QED) is 0.581. The van der Waals surface area contributed by atoms with Gasteiger partial charge in [-0.2, -0.15) is 0 Å². The summed E-state index contributed by atoms with van der Waals surface area (Å²) in [5, 5.41) is 2.95. The molecule has 0 aromatic carbocycles. The number of ether oxygens (including phenoxy) is 1. The summed E-state index contributed by atoms with van der Waals surface area (Å²) in [5.41, 5.74) is 0. The first-order chi connectivity index (χ1) is 4.97. The van der Waals surface area contributed by atoms with E-state index in [2.05, 4.69) is 10.3 Å². The molecule has 0 aliphatic carbocycles. The van der Waals surface area contributed by atoms with Crippen molar-refractivity contribution in [3.63, 3.8) is 0 Å². The van der Waals surface area contributed by atoms with Crippen LogP contribution < -0.4 is 10.1 Å². The molecule has 2 heterocycles. The molecular weight excluding hydrogens is 128 g/mol. The Kier molecular flexibility index (Phi) is 1.07. The fourth-order valence-corrected chi connectivity index (χ4v) is 0.814. The maximum absolute atomic E-state index is 5.12. The lowest BCUT2D eigenvalue weighted by atomic mass is 10.4. The number of pyridine rings is 1. The largest absolute Gasteiger partial charge is 0.460 e. The van der Waals surface area contributed by atoms with Gasteiger partial charge in [-0.25, -0.2) is 4.98 Å². The molecule has 1 aromatic rings. The van der Waals surface area contributed by atoms with Crippen LogP contribution in [-0.4, -0.2) is 4.98 Å². The first-order valence-electron chi connectivity index (χ1n) is 3.00. The Morgan fingerprint density at radius 2 is 2.50 bits per heavy atom. The number of nitrogens with zero attached hydrogens (tertiary/aromatic N) is 1. The van der Waals surface area contributed by atoms with E-state index in [0.717, 1.165) is 11.6 Å². The fourth-order valence-electron chi connectivity index (χ4n) is 0.814. The predicted molar refractivity (Wildman–Crippen MR) is 37.6 cm³/mol. The van der Waals surface area contributed by atoms with Crippen LogP contribution in [0, 0.1) is 0 Å². The van der Waals surface area contributed by atoms with Crippen molar-refractivity contribution in [1.29, 1.82) is 0 Å². The van der Waals surface area contributed by atoms with Crippen LogP contribution in [0.2, 0.25) is 0 Å². The Labute approximate surface area is 58.3 Å². The minimum absolute atomic E-state index is 0.769. The van der Waals surface area contributed by atoms with Crippen LogP contribution in [-0.2, 0) is 0 Å². The van der Waals surface area contributed by atoms with E-state index in [1.807, 2.05) is 12.1 Å². The maximum Gasteiger partial charge on any atom is 0.173 e. The van der Waals surface area contributed by atoms with E-state index in [9.17, 15) is 0 Å². The summed E-state index contributed by atoms with van der Waals surface area (Å²) in [7, 11) is 0. The van der Waals surface area contributed by atoms with Gasteiger partial charge in [0.2, 0.25) is 0 Å². The van der Waals surface area contributed by atoms with Gasteiger partial charge in [-0.15, -0.1) is 0 Å². The summed E-state index contributed by atoms with van der Waals surface area (Å²) in [6.07, 6.45) is 5.01. The van der Waals surface area contributed by atoms with Crippen LogP contribution in [0.15, 0.2) is 30.8 Å². The molecular formula is C7H6N2O.